The molecule has 2 bridgehead atoms. The average Bonchev–Trinajstić information content (AvgIpc) is 2.58. The summed E-state index contributed by atoms with van der Waals surface area (Å²) >= 11 is 0. The number of phenols is 1. The highest BCUT2D eigenvalue weighted by Crippen LogP contribution is 2.37. The van der Waals surface area contributed by atoms with Crippen molar-refractivity contribution in [3.8, 4) is 5.75 Å². The van der Waals surface area contributed by atoms with Gasteiger partial charge in [-0.3, -0.25) is 0 Å². The van der Waals surface area contributed by atoms with Crippen LogP contribution in [0.2, 0.25) is 0 Å². The third-order valence-electron chi connectivity index (χ3n) is 3.81. The smallest absolute Gasteiger partial charge is 0.115 e. The predicted octanol–water partition coefficient (Wildman–Crippen LogP) is 2.39. The first-order valence-corrected chi connectivity index (χ1v) is 5.86. The SMILES string of the molecule is Oc1cccc(C2CC3CC[C@H](C2)N3)c1. The Hall–Kier alpha value is -1.02. The maximum Gasteiger partial charge on any atom is 0.115 e. The van der Waals surface area contributed by atoms with E-state index in [4.69, 9.17) is 0 Å². The van der Waals surface area contributed by atoms with Gasteiger partial charge >= 0.3 is 0 Å². The highest BCUT2D eigenvalue weighted by molar-refractivity contribution is 5.30. The van der Waals surface area contributed by atoms with Crippen molar-refractivity contribution in [3.63, 3.8) is 0 Å². The summed E-state index contributed by atoms with van der Waals surface area (Å²) in [5.74, 6) is 1.05. The molecule has 2 heteroatoms. The number of piperidine rings is 1. The van der Waals surface area contributed by atoms with Crippen molar-refractivity contribution in [2.45, 2.75) is 43.7 Å². The van der Waals surface area contributed by atoms with Crippen LogP contribution in [0.5, 0.6) is 5.75 Å². The molecule has 3 atom stereocenters. The van der Waals surface area contributed by atoms with E-state index in [9.17, 15) is 5.11 Å². The third kappa shape index (κ3) is 1.74. The lowest BCUT2D eigenvalue weighted by Gasteiger charge is -2.29. The summed E-state index contributed by atoms with van der Waals surface area (Å²) in [5.41, 5.74) is 1.31. The summed E-state index contributed by atoms with van der Waals surface area (Å²) in [7, 11) is 0. The minimum Gasteiger partial charge on any atom is -0.508 e. The fourth-order valence-corrected chi connectivity index (χ4v) is 3.11. The second-order valence-electron chi connectivity index (χ2n) is 4.90. The Bertz CT molecular complexity index is 351. The van der Waals surface area contributed by atoms with Crippen LogP contribution in [0.3, 0.4) is 0 Å². The van der Waals surface area contributed by atoms with Crippen molar-refractivity contribution < 1.29 is 5.11 Å². The molecular formula is C13H17NO. The number of aromatic hydroxyl groups is 1. The van der Waals surface area contributed by atoms with E-state index < -0.39 is 0 Å². The monoisotopic (exact) mass is 203 g/mol. The van der Waals surface area contributed by atoms with Crippen molar-refractivity contribution in [2.24, 2.45) is 0 Å². The second kappa shape index (κ2) is 3.53. The summed E-state index contributed by atoms with van der Waals surface area (Å²) < 4.78 is 0. The van der Waals surface area contributed by atoms with E-state index in [0.717, 1.165) is 12.1 Å². The van der Waals surface area contributed by atoms with Gasteiger partial charge in [-0.2, -0.15) is 0 Å². The maximum atomic E-state index is 9.48. The van der Waals surface area contributed by atoms with Gasteiger partial charge in [0.2, 0.25) is 0 Å². The molecular weight excluding hydrogens is 186 g/mol. The van der Waals surface area contributed by atoms with Gasteiger partial charge in [-0.05, 0) is 49.3 Å². The molecule has 1 aromatic rings. The Morgan fingerprint density at radius 1 is 1.13 bits per heavy atom. The molecule has 3 rings (SSSR count). The van der Waals surface area contributed by atoms with Crippen LogP contribution in [0.25, 0.3) is 0 Å². The molecule has 2 fully saturated rings. The van der Waals surface area contributed by atoms with Crippen LogP contribution < -0.4 is 5.32 Å². The first kappa shape index (κ1) is 9.22. The van der Waals surface area contributed by atoms with Crippen LogP contribution in [-0.2, 0) is 0 Å². The Labute approximate surface area is 90.3 Å². The molecule has 0 spiro atoms. The minimum absolute atomic E-state index is 0.401. The Morgan fingerprint density at radius 3 is 2.53 bits per heavy atom. The molecule has 2 saturated heterocycles. The van der Waals surface area contributed by atoms with Gasteiger partial charge in [0.1, 0.15) is 5.75 Å². The fraction of sp³-hybridized carbons (Fsp3) is 0.538. The van der Waals surface area contributed by atoms with E-state index in [1.54, 1.807) is 6.07 Å². The fourth-order valence-electron chi connectivity index (χ4n) is 3.11. The largest absolute Gasteiger partial charge is 0.508 e. The molecule has 2 N–H and O–H groups in total. The van der Waals surface area contributed by atoms with Gasteiger partial charge in [0, 0.05) is 12.1 Å². The normalized spacial score (nSPS) is 34.3. The summed E-state index contributed by atoms with van der Waals surface area (Å²) in [6.45, 7) is 0. The molecule has 0 aliphatic carbocycles. The highest BCUT2D eigenvalue weighted by Gasteiger charge is 2.33. The summed E-state index contributed by atoms with van der Waals surface area (Å²) in [6, 6.07) is 9.21. The zero-order valence-corrected chi connectivity index (χ0v) is 8.82. The van der Waals surface area contributed by atoms with Gasteiger partial charge < -0.3 is 10.4 Å². The molecule has 2 aliphatic rings. The molecule has 80 valence electrons. The number of fused-ring (bicyclic) bond motifs is 2. The summed E-state index contributed by atoms with van der Waals surface area (Å²) in [6.07, 6.45) is 5.14. The number of benzene rings is 1. The Balaban J connectivity index is 1.83. The van der Waals surface area contributed by atoms with Gasteiger partial charge in [0.15, 0.2) is 0 Å². The number of nitrogens with one attached hydrogen (secondary N) is 1. The van der Waals surface area contributed by atoms with E-state index in [2.05, 4.69) is 11.4 Å². The molecule has 2 aliphatic heterocycles. The predicted molar refractivity (Wildman–Crippen MR) is 60.0 cm³/mol. The second-order valence-corrected chi connectivity index (χ2v) is 4.90. The van der Waals surface area contributed by atoms with Gasteiger partial charge in [-0.1, -0.05) is 12.1 Å². The van der Waals surface area contributed by atoms with Crippen LogP contribution >= 0.6 is 0 Å². The molecule has 1 aromatic carbocycles. The lowest BCUT2D eigenvalue weighted by molar-refractivity contribution is 0.362. The highest BCUT2D eigenvalue weighted by atomic mass is 16.3. The first-order valence-electron chi connectivity index (χ1n) is 5.86. The van der Waals surface area contributed by atoms with Gasteiger partial charge in [-0.25, -0.2) is 0 Å². The average molecular weight is 203 g/mol. The third-order valence-corrected chi connectivity index (χ3v) is 3.81. The lowest BCUT2D eigenvalue weighted by Crippen LogP contribution is -2.37. The number of hydrogen-bond acceptors (Lipinski definition) is 2. The van der Waals surface area contributed by atoms with E-state index in [1.807, 2.05) is 12.1 Å². The summed E-state index contributed by atoms with van der Waals surface area (Å²) in [5, 5.41) is 13.1. The van der Waals surface area contributed by atoms with Crippen molar-refractivity contribution >= 4 is 0 Å². The molecule has 2 unspecified atom stereocenters. The lowest BCUT2D eigenvalue weighted by atomic mass is 9.86. The van der Waals surface area contributed by atoms with Crippen LogP contribution in [0.1, 0.15) is 37.2 Å². The zero-order valence-electron chi connectivity index (χ0n) is 8.82. The van der Waals surface area contributed by atoms with Gasteiger partial charge in [-0.15, -0.1) is 0 Å². The molecule has 2 heterocycles. The van der Waals surface area contributed by atoms with E-state index in [1.165, 1.54) is 31.2 Å². The molecule has 0 amide bonds. The standard InChI is InChI=1S/C13H17NO/c15-13-3-1-2-9(8-13)10-6-11-4-5-12(7-10)14-11/h1-3,8,10-12,14-15H,4-7H2/t10?,11-,12?/m1/s1. The molecule has 0 aromatic heterocycles. The topological polar surface area (TPSA) is 32.3 Å². The van der Waals surface area contributed by atoms with Crippen LogP contribution in [0.15, 0.2) is 24.3 Å². The Kier molecular flexibility index (Phi) is 2.17. The Morgan fingerprint density at radius 2 is 1.87 bits per heavy atom. The number of hydrogen-bond donors (Lipinski definition) is 2. The van der Waals surface area contributed by atoms with E-state index in [-0.39, 0.29) is 0 Å². The van der Waals surface area contributed by atoms with Crippen molar-refractivity contribution in [3.05, 3.63) is 29.8 Å². The number of rotatable bonds is 1. The first-order chi connectivity index (χ1) is 7.31. The maximum absolute atomic E-state index is 9.48. The molecule has 0 radical (unpaired) electrons. The number of phenolic OH excluding ortho intramolecular Hbond substituents is 1. The molecule has 2 nitrogen and oxygen atoms in total. The molecule has 15 heavy (non-hydrogen) atoms. The van der Waals surface area contributed by atoms with E-state index in [0.29, 0.717) is 11.7 Å². The zero-order chi connectivity index (χ0) is 10.3. The molecule has 0 saturated carbocycles. The van der Waals surface area contributed by atoms with Crippen molar-refractivity contribution in [1.29, 1.82) is 0 Å². The van der Waals surface area contributed by atoms with Crippen LogP contribution in [-0.4, -0.2) is 17.2 Å². The quantitative estimate of drug-likeness (QED) is 0.734. The summed E-state index contributed by atoms with van der Waals surface area (Å²) in [4.78, 5) is 0. The van der Waals surface area contributed by atoms with E-state index >= 15 is 0 Å². The van der Waals surface area contributed by atoms with Crippen molar-refractivity contribution in [2.75, 3.05) is 0 Å². The minimum atomic E-state index is 0.401. The van der Waals surface area contributed by atoms with Gasteiger partial charge in [0.25, 0.3) is 0 Å². The van der Waals surface area contributed by atoms with Crippen LogP contribution in [0, 0.1) is 0 Å². The van der Waals surface area contributed by atoms with Crippen LogP contribution in [0.4, 0.5) is 0 Å². The van der Waals surface area contributed by atoms with Crippen molar-refractivity contribution in [1.82, 2.24) is 5.32 Å². The van der Waals surface area contributed by atoms with Gasteiger partial charge in [0.05, 0.1) is 0 Å².